The smallest absolute Gasteiger partial charge is 0.335 e. The third-order valence-electron chi connectivity index (χ3n) is 4.95. The molecule has 0 aliphatic carbocycles. The molecule has 0 saturated heterocycles. The van der Waals surface area contributed by atoms with Gasteiger partial charge in [0, 0.05) is 6.42 Å². The van der Waals surface area contributed by atoms with Crippen LogP contribution in [0.15, 0.2) is 71.8 Å². The number of hydrogen-bond donors (Lipinski definition) is 1. The van der Waals surface area contributed by atoms with E-state index in [4.69, 9.17) is 10.4 Å². The second-order valence-electron chi connectivity index (χ2n) is 6.82. The molecule has 0 aromatic heterocycles. The van der Waals surface area contributed by atoms with Crippen molar-refractivity contribution in [2.45, 2.75) is 12.5 Å². The highest BCUT2D eigenvalue weighted by molar-refractivity contribution is 6.04. The number of hydrazone groups is 1. The van der Waals surface area contributed by atoms with Gasteiger partial charge < -0.3 is 5.11 Å². The minimum Gasteiger partial charge on any atom is -0.478 e. The number of nitriles is 1. The first-order valence-corrected chi connectivity index (χ1v) is 9.12. The lowest BCUT2D eigenvalue weighted by molar-refractivity contribution is 0.0697. The Hall–Kier alpha value is -4.05. The van der Waals surface area contributed by atoms with Crippen molar-refractivity contribution in [3.05, 3.63) is 101 Å². The summed E-state index contributed by atoms with van der Waals surface area (Å²) in [7, 11) is 0. The second-order valence-corrected chi connectivity index (χ2v) is 6.82. The average molecular weight is 403 g/mol. The average Bonchev–Trinajstić information content (AvgIpc) is 3.19. The van der Waals surface area contributed by atoms with E-state index in [-0.39, 0.29) is 28.7 Å². The molecule has 0 spiro atoms. The Morgan fingerprint density at radius 2 is 1.77 bits per heavy atom. The molecule has 1 aliphatic rings. The summed E-state index contributed by atoms with van der Waals surface area (Å²) in [6, 6.07) is 17.9. The SMILES string of the molecule is N#Cc1ccc(N2N=C(c3ccc(C(=O)O)cc3)CC2c2ccc(F)cc2)c(F)c1. The Morgan fingerprint density at radius 3 is 2.37 bits per heavy atom. The molecule has 0 fully saturated rings. The van der Waals surface area contributed by atoms with Crippen molar-refractivity contribution in [2.75, 3.05) is 5.01 Å². The number of halogens is 2. The molecule has 0 bridgehead atoms. The Labute approximate surface area is 171 Å². The van der Waals surface area contributed by atoms with E-state index in [0.717, 1.165) is 11.6 Å². The van der Waals surface area contributed by atoms with Crippen molar-refractivity contribution in [3.63, 3.8) is 0 Å². The fourth-order valence-electron chi connectivity index (χ4n) is 3.42. The third-order valence-corrected chi connectivity index (χ3v) is 4.95. The fraction of sp³-hybridized carbons (Fsp3) is 0.0870. The van der Waals surface area contributed by atoms with E-state index in [1.165, 1.54) is 41.4 Å². The number of hydrogen-bond acceptors (Lipinski definition) is 4. The molecule has 7 heteroatoms. The lowest BCUT2D eigenvalue weighted by atomic mass is 9.97. The van der Waals surface area contributed by atoms with Gasteiger partial charge in [-0.2, -0.15) is 10.4 Å². The molecule has 1 atom stereocenters. The summed E-state index contributed by atoms with van der Waals surface area (Å²) in [5.41, 5.74) is 2.65. The molecule has 3 aromatic rings. The van der Waals surface area contributed by atoms with Crippen LogP contribution in [0.25, 0.3) is 0 Å². The fourth-order valence-corrected chi connectivity index (χ4v) is 3.42. The zero-order valence-electron chi connectivity index (χ0n) is 15.6. The Kier molecular flexibility index (Phi) is 4.98. The zero-order chi connectivity index (χ0) is 21.3. The number of carboxylic acid groups (broad SMARTS) is 1. The van der Waals surface area contributed by atoms with E-state index in [0.29, 0.717) is 17.7 Å². The molecule has 5 nitrogen and oxygen atoms in total. The molecule has 0 amide bonds. The van der Waals surface area contributed by atoms with Gasteiger partial charge in [0.25, 0.3) is 0 Å². The van der Waals surface area contributed by atoms with Crippen LogP contribution in [0, 0.1) is 23.0 Å². The van der Waals surface area contributed by atoms with Crippen molar-refractivity contribution in [3.8, 4) is 6.07 Å². The summed E-state index contributed by atoms with van der Waals surface area (Å²) in [4.78, 5) is 11.1. The summed E-state index contributed by atoms with van der Waals surface area (Å²) >= 11 is 0. The predicted octanol–water partition coefficient (Wildman–Crippen LogP) is 4.89. The molecule has 3 aromatic carbocycles. The van der Waals surface area contributed by atoms with Gasteiger partial charge in [0.1, 0.15) is 11.6 Å². The van der Waals surface area contributed by atoms with Gasteiger partial charge in [-0.1, -0.05) is 24.3 Å². The van der Waals surface area contributed by atoms with Crippen LogP contribution in [-0.4, -0.2) is 16.8 Å². The van der Waals surface area contributed by atoms with Gasteiger partial charge in [-0.05, 0) is 53.6 Å². The summed E-state index contributed by atoms with van der Waals surface area (Å²) < 4.78 is 28.1. The quantitative estimate of drug-likeness (QED) is 0.673. The standard InChI is InChI=1S/C23H15F2N3O2/c24-18-8-6-16(7-9-18)22-12-20(15-2-4-17(5-3-15)23(29)30)27-28(22)21-10-1-14(13-26)11-19(21)25/h1-11,22H,12H2,(H,29,30). The van der Waals surface area contributed by atoms with Crippen LogP contribution in [0.2, 0.25) is 0 Å². The van der Waals surface area contributed by atoms with Gasteiger partial charge >= 0.3 is 5.97 Å². The van der Waals surface area contributed by atoms with E-state index >= 15 is 0 Å². The summed E-state index contributed by atoms with van der Waals surface area (Å²) in [5.74, 6) is -1.99. The number of anilines is 1. The number of carbonyl (C=O) groups is 1. The Morgan fingerprint density at radius 1 is 1.07 bits per heavy atom. The first kappa shape index (κ1) is 19.3. The van der Waals surface area contributed by atoms with Crippen molar-refractivity contribution >= 4 is 17.4 Å². The molecule has 1 unspecified atom stereocenters. The van der Waals surface area contributed by atoms with Crippen LogP contribution >= 0.6 is 0 Å². The maximum absolute atomic E-state index is 14.7. The molecule has 0 saturated carbocycles. The number of aromatic carboxylic acids is 1. The molecule has 4 rings (SSSR count). The number of nitrogens with zero attached hydrogens (tertiary/aromatic N) is 3. The Balaban J connectivity index is 1.76. The van der Waals surface area contributed by atoms with Crippen LogP contribution in [-0.2, 0) is 0 Å². The molecule has 1 N–H and O–H groups in total. The van der Waals surface area contributed by atoms with Gasteiger partial charge in [0.2, 0.25) is 0 Å². The molecule has 1 heterocycles. The van der Waals surface area contributed by atoms with E-state index in [1.54, 1.807) is 24.3 Å². The largest absolute Gasteiger partial charge is 0.478 e. The molecule has 1 aliphatic heterocycles. The van der Waals surface area contributed by atoms with Gasteiger partial charge in [-0.25, -0.2) is 13.6 Å². The van der Waals surface area contributed by atoms with E-state index in [1.807, 2.05) is 6.07 Å². The van der Waals surface area contributed by atoms with Crippen LogP contribution in [0.4, 0.5) is 14.5 Å². The van der Waals surface area contributed by atoms with E-state index in [9.17, 15) is 13.6 Å². The zero-order valence-corrected chi connectivity index (χ0v) is 15.6. The first-order chi connectivity index (χ1) is 14.5. The molecular formula is C23H15F2N3O2. The van der Waals surface area contributed by atoms with E-state index < -0.39 is 11.8 Å². The first-order valence-electron chi connectivity index (χ1n) is 9.12. The number of carboxylic acids is 1. The topological polar surface area (TPSA) is 76.7 Å². The van der Waals surface area contributed by atoms with Gasteiger partial charge in [-0.3, -0.25) is 5.01 Å². The van der Waals surface area contributed by atoms with Crippen molar-refractivity contribution in [2.24, 2.45) is 5.10 Å². The molecule has 148 valence electrons. The third kappa shape index (κ3) is 3.63. The maximum Gasteiger partial charge on any atom is 0.335 e. The number of benzene rings is 3. The monoisotopic (exact) mass is 403 g/mol. The summed E-state index contributed by atoms with van der Waals surface area (Å²) in [5, 5.41) is 24.2. The predicted molar refractivity (Wildman–Crippen MR) is 107 cm³/mol. The van der Waals surface area contributed by atoms with Crippen LogP contribution in [0.3, 0.4) is 0 Å². The number of rotatable bonds is 4. The van der Waals surface area contributed by atoms with Crippen molar-refractivity contribution in [1.29, 1.82) is 5.26 Å². The Bertz CT molecular complexity index is 1180. The molecule has 30 heavy (non-hydrogen) atoms. The highest BCUT2D eigenvalue weighted by Crippen LogP contribution is 2.38. The highest BCUT2D eigenvalue weighted by Gasteiger charge is 2.31. The minimum atomic E-state index is -1.03. The van der Waals surface area contributed by atoms with Gasteiger partial charge in [-0.15, -0.1) is 0 Å². The lowest BCUT2D eigenvalue weighted by Gasteiger charge is -2.24. The van der Waals surface area contributed by atoms with Crippen LogP contribution < -0.4 is 5.01 Å². The summed E-state index contributed by atoms with van der Waals surface area (Å²) in [6.07, 6.45) is 0.414. The van der Waals surface area contributed by atoms with Gasteiger partial charge in [0.05, 0.1) is 34.6 Å². The summed E-state index contributed by atoms with van der Waals surface area (Å²) in [6.45, 7) is 0. The minimum absolute atomic E-state index is 0.155. The van der Waals surface area contributed by atoms with Crippen LogP contribution in [0.5, 0.6) is 0 Å². The lowest BCUT2D eigenvalue weighted by Crippen LogP contribution is -2.19. The second kappa shape index (κ2) is 7.76. The van der Waals surface area contributed by atoms with Gasteiger partial charge in [0.15, 0.2) is 0 Å². The highest BCUT2D eigenvalue weighted by atomic mass is 19.1. The molecular weight excluding hydrogens is 388 g/mol. The molecule has 0 radical (unpaired) electrons. The normalized spacial score (nSPS) is 15.6. The van der Waals surface area contributed by atoms with Crippen LogP contribution in [0.1, 0.15) is 39.5 Å². The van der Waals surface area contributed by atoms with Crippen molar-refractivity contribution < 1.29 is 18.7 Å². The maximum atomic E-state index is 14.7. The van der Waals surface area contributed by atoms with E-state index in [2.05, 4.69) is 5.10 Å². The van der Waals surface area contributed by atoms with Crippen molar-refractivity contribution in [1.82, 2.24) is 0 Å².